The molecule has 0 radical (unpaired) electrons. The number of amides is 1. The van der Waals surface area contributed by atoms with Crippen molar-refractivity contribution in [2.24, 2.45) is 4.99 Å². The van der Waals surface area contributed by atoms with Crippen LogP contribution in [0.4, 0.5) is 0 Å². The Morgan fingerprint density at radius 3 is 2.28 bits per heavy atom. The Kier molecular flexibility index (Phi) is 7.06. The van der Waals surface area contributed by atoms with Gasteiger partial charge in [0, 0.05) is 31.9 Å². The number of phenolic OH excluding ortho intramolecular Hbond substituents is 3. The van der Waals surface area contributed by atoms with Crippen LogP contribution in [0.3, 0.4) is 0 Å². The van der Waals surface area contributed by atoms with Gasteiger partial charge in [-0.15, -0.1) is 0 Å². The maximum absolute atomic E-state index is 12.7. The van der Waals surface area contributed by atoms with Crippen molar-refractivity contribution in [3.8, 4) is 17.2 Å². The predicted octanol–water partition coefficient (Wildman–Crippen LogP) is 1.17. The maximum Gasteiger partial charge on any atom is 0.253 e. The molecular formula is C22H28N6O4. The van der Waals surface area contributed by atoms with Gasteiger partial charge in [-0.25, -0.2) is 9.97 Å². The first-order chi connectivity index (χ1) is 15.2. The van der Waals surface area contributed by atoms with E-state index in [2.05, 4.69) is 20.3 Å². The number of nitrogens with one attached hydrogen (secondary N) is 1. The van der Waals surface area contributed by atoms with Crippen LogP contribution in [0.1, 0.15) is 15.9 Å². The number of phenols is 3. The first-order valence-electron chi connectivity index (χ1n) is 10.1. The molecule has 0 saturated carbocycles. The molecule has 2 aromatic carbocycles. The third-order valence-corrected chi connectivity index (χ3v) is 4.83. The number of carbonyl (C=O) groups is 1. The standard InChI is InChI=1S/C22H28N6O4/c1-27(2)9-7-23-12-14-16(30)11-17(31)21-19(14)26-20-15(29)6-5-13(18(20)25-21)22(32)24-8-10-28(3)4/h5-6,11-12,29-31H,7-10H2,1-4H3,(H,24,32). The molecule has 0 atom stereocenters. The average molecular weight is 441 g/mol. The van der Waals surface area contributed by atoms with Crippen molar-refractivity contribution >= 4 is 34.2 Å². The molecule has 0 unspecified atom stereocenters. The van der Waals surface area contributed by atoms with Crippen molar-refractivity contribution in [2.75, 3.05) is 54.4 Å². The van der Waals surface area contributed by atoms with Gasteiger partial charge in [-0.2, -0.15) is 0 Å². The number of aliphatic imine (C=N–C) groups is 1. The van der Waals surface area contributed by atoms with Crippen molar-refractivity contribution in [2.45, 2.75) is 0 Å². The number of benzene rings is 2. The lowest BCUT2D eigenvalue weighted by molar-refractivity contribution is 0.0952. The molecule has 3 rings (SSSR count). The SMILES string of the molecule is CN(C)CCN=Cc1c(O)cc(O)c2nc3c(C(=O)NCCN(C)C)ccc(O)c3nc12. The molecule has 10 heteroatoms. The summed E-state index contributed by atoms with van der Waals surface area (Å²) in [5.74, 6) is -1.04. The van der Waals surface area contributed by atoms with Crippen LogP contribution in [0.25, 0.3) is 22.1 Å². The Hall–Kier alpha value is -3.50. The second kappa shape index (κ2) is 9.75. The van der Waals surface area contributed by atoms with Gasteiger partial charge in [0.1, 0.15) is 39.3 Å². The number of aromatic hydroxyl groups is 3. The lowest BCUT2D eigenvalue weighted by Gasteiger charge is -2.13. The number of fused-ring (bicyclic) bond motifs is 2. The van der Waals surface area contributed by atoms with Crippen LogP contribution in [-0.2, 0) is 0 Å². The lowest BCUT2D eigenvalue weighted by Crippen LogP contribution is -2.31. The highest BCUT2D eigenvalue weighted by molar-refractivity contribution is 6.09. The van der Waals surface area contributed by atoms with Crippen LogP contribution in [0, 0.1) is 0 Å². The van der Waals surface area contributed by atoms with E-state index >= 15 is 0 Å². The predicted molar refractivity (Wildman–Crippen MR) is 124 cm³/mol. The highest BCUT2D eigenvalue weighted by Crippen LogP contribution is 2.35. The second-order valence-electron chi connectivity index (χ2n) is 7.98. The maximum atomic E-state index is 12.7. The van der Waals surface area contributed by atoms with Gasteiger partial charge in [0.25, 0.3) is 5.91 Å². The third kappa shape index (κ3) is 5.04. The molecule has 0 aliphatic heterocycles. The van der Waals surface area contributed by atoms with Crippen LogP contribution >= 0.6 is 0 Å². The van der Waals surface area contributed by atoms with E-state index in [1.54, 1.807) is 0 Å². The van der Waals surface area contributed by atoms with Crippen LogP contribution in [-0.4, -0.2) is 102 Å². The van der Waals surface area contributed by atoms with Gasteiger partial charge in [-0.3, -0.25) is 9.79 Å². The summed E-state index contributed by atoms with van der Waals surface area (Å²) >= 11 is 0. The summed E-state index contributed by atoms with van der Waals surface area (Å²) in [7, 11) is 7.66. The molecule has 32 heavy (non-hydrogen) atoms. The number of aromatic nitrogens is 2. The van der Waals surface area contributed by atoms with E-state index in [1.165, 1.54) is 18.3 Å². The molecule has 1 amide bonds. The number of hydrogen-bond donors (Lipinski definition) is 4. The van der Waals surface area contributed by atoms with Gasteiger partial charge in [0.15, 0.2) is 0 Å². The fraction of sp³-hybridized carbons (Fsp3) is 0.364. The molecule has 0 saturated heterocycles. The molecule has 1 aromatic heterocycles. The van der Waals surface area contributed by atoms with Gasteiger partial charge in [-0.1, -0.05) is 0 Å². The summed E-state index contributed by atoms with van der Waals surface area (Å²) in [5.41, 5.74) is 0.995. The molecule has 4 N–H and O–H groups in total. The largest absolute Gasteiger partial charge is 0.507 e. The molecular weight excluding hydrogens is 412 g/mol. The zero-order valence-electron chi connectivity index (χ0n) is 18.6. The summed E-state index contributed by atoms with van der Waals surface area (Å²) in [5, 5.41) is 34.0. The fourth-order valence-corrected chi connectivity index (χ4v) is 3.10. The van der Waals surface area contributed by atoms with Gasteiger partial charge in [0.05, 0.1) is 17.7 Å². The second-order valence-corrected chi connectivity index (χ2v) is 7.98. The fourth-order valence-electron chi connectivity index (χ4n) is 3.10. The van der Waals surface area contributed by atoms with E-state index in [0.717, 1.165) is 12.6 Å². The minimum atomic E-state index is -0.366. The highest BCUT2D eigenvalue weighted by atomic mass is 16.3. The Balaban J connectivity index is 2.11. The number of rotatable bonds is 8. The van der Waals surface area contributed by atoms with Crippen molar-refractivity contribution in [1.29, 1.82) is 0 Å². The Labute approximate surface area is 185 Å². The Bertz CT molecular complexity index is 1180. The van der Waals surface area contributed by atoms with Crippen LogP contribution in [0.15, 0.2) is 23.2 Å². The van der Waals surface area contributed by atoms with E-state index in [9.17, 15) is 20.1 Å². The van der Waals surface area contributed by atoms with E-state index in [4.69, 9.17) is 0 Å². The van der Waals surface area contributed by atoms with E-state index in [0.29, 0.717) is 19.6 Å². The summed E-state index contributed by atoms with van der Waals surface area (Å²) in [6.45, 7) is 2.31. The van der Waals surface area contributed by atoms with Crippen molar-refractivity contribution in [3.63, 3.8) is 0 Å². The third-order valence-electron chi connectivity index (χ3n) is 4.83. The molecule has 0 aliphatic carbocycles. The van der Waals surface area contributed by atoms with Gasteiger partial charge < -0.3 is 30.4 Å². The molecule has 0 fully saturated rings. The molecule has 0 spiro atoms. The Morgan fingerprint density at radius 1 is 0.938 bits per heavy atom. The van der Waals surface area contributed by atoms with Crippen LogP contribution in [0.5, 0.6) is 17.2 Å². The molecule has 1 heterocycles. The quantitative estimate of drug-likeness (QED) is 0.303. The van der Waals surface area contributed by atoms with Crippen LogP contribution < -0.4 is 5.32 Å². The summed E-state index contributed by atoms with van der Waals surface area (Å²) in [4.78, 5) is 29.8. The topological polar surface area (TPSA) is 134 Å². The number of likely N-dealkylation sites (N-methyl/N-ethyl adjacent to an activating group) is 2. The van der Waals surface area contributed by atoms with Gasteiger partial charge in [0.2, 0.25) is 0 Å². The van der Waals surface area contributed by atoms with Gasteiger partial charge >= 0.3 is 0 Å². The smallest absolute Gasteiger partial charge is 0.253 e. The summed E-state index contributed by atoms with van der Waals surface area (Å²) < 4.78 is 0. The highest BCUT2D eigenvalue weighted by Gasteiger charge is 2.19. The Morgan fingerprint density at radius 2 is 1.59 bits per heavy atom. The minimum absolute atomic E-state index is 0.0886. The van der Waals surface area contributed by atoms with Crippen LogP contribution in [0.2, 0.25) is 0 Å². The van der Waals surface area contributed by atoms with Crippen molar-refractivity contribution in [3.05, 3.63) is 29.3 Å². The van der Waals surface area contributed by atoms with E-state index < -0.39 is 0 Å². The van der Waals surface area contributed by atoms with E-state index in [1.807, 2.05) is 38.0 Å². The first-order valence-corrected chi connectivity index (χ1v) is 10.1. The number of nitrogens with zero attached hydrogens (tertiary/aromatic N) is 5. The summed E-state index contributed by atoms with van der Waals surface area (Å²) in [6.07, 6.45) is 1.47. The number of hydrogen-bond acceptors (Lipinski definition) is 9. The molecule has 170 valence electrons. The first kappa shape index (κ1) is 23.2. The van der Waals surface area contributed by atoms with Gasteiger partial charge in [-0.05, 0) is 40.3 Å². The minimum Gasteiger partial charge on any atom is -0.507 e. The number of carbonyl (C=O) groups excluding carboxylic acids is 1. The molecule has 0 aliphatic rings. The summed E-state index contributed by atoms with van der Waals surface area (Å²) in [6, 6.07) is 4.00. The molecule has 10 nitrogen and oxygen atoms in total. The van der Waals surface area contributed by atoms with Crippen molar-refractivity contribution < 1.29 is 20.1 Å². The lowest BCUT2D eigenvalue weighted by atomic mass is 10.1. The van der Waals surface area contributed by atoms with Crippen molar-refractivity contribution in [1.82, 2.24) is 25.1 Å². The normalized spacial score (nSPS) is 11.9. The molecule has 0 bridgehead atoms. The van der Waals surface area contributed by atoms with E-state index in [-0.39, 0.29) is 56.3 Å². The zero-order chi connectivity index (χ0) is 23.4. The molecule has 3 aromatic rings. The monoisotopic (exact) mass is 440 g/mol. The average Bonchev–Trinajstić information content (AvgIpc) is 2.72. The zero-order valence-corrected chi connectivity index (χ0v) is 18.6.